The summed E-state index contributed by atoms with van der Waals surface area (Å²) in [4.78, 5) is 30.2. The molecule has 1 amide bonds. The van der Waals surface area contributed by atoms with E-state index in [4.69, 9.17) is 0 Å². The Bertz CT molecular complexity index is 719. The number of para-hydroxylation sites is 1. The number of carbonyl (C=O) groups excluding carboxylic acids is 1. The van der Waals surface area contributed by atoms with Crippen LogP contribution in [0, 0.1) is 12.8 Å². The van der Waals surface area contributed by atoms with E-state index in [-0.39, 0.29) is 17.3 Å². The molecule has 2 heterocycles. The minimum absolute atomic E-state index is 0.243. The molecule has 3 rings (SSSR count). The number of aryl methyl sites for hydroxylation is 1. The third-order valence-corrected chi connectivity index (χ3v) is 4.13. The highest BCUT2D eigenvalue weighted by Crippen LogP contribution is 2.26. The van der Waals surface area contributed by atoms with Crippen LogP contribution in [0.4, 0.5) is 5.69 Å². The summed E-state index contributed by atoms with van der Waals surface area (Å²) < 4.78 is 0. The van der Waals surface area contributed by atoms with Crippen LogP contribution >= 0.6 is 0 Å². The number of rotatable bonds is 4. The maximum absolute atomic E-state index is 11.9. The minimum Gasteiger partial charge on any atom is -0.371 e. The Morgan fingerprint density at radius 2 is 2.23 bits per heavy atom. The summed E-state index contributed by atoms with van der Waals surface area (Å²) in [6.45, 7) is 4.68. The number of aromatic nitrogens is 2. The van der Waals surface area contributed by atoms with Crippen LogP contribution in [0.2, 0.25) is 0 Å². The summed E-state index contributed by atoms with van der Waals surface area (Å²) in [5.41, 5.74) is 2.46. The van der Waals surface area contributed by atoms with E-state index in [9.17, 15) is 9.59 Å². The van der Waals surface area contributed by atoms with Gasteiger partial charge in [-0.3, -0.25) is 4.79 Å². The number of hydrogen-bond donors (Lipinski definition) is 3. The third-order valence-electron chi connectivity index (χ3n) is 4.13. The van der Waals surface area contributed by atoms with E-state index < -0.39 is 0 Å². The molecule has 0 bridgehead atoms. The van der Waals surface area contributed by atoms with Gasteiger partial charge in [-0.25, -0.2) is 4.79 Å². The second-order valence-corrected chi connectivity index (χ2v) is 5.75. The van der Waals surface area contributed by atoms with Crippen LogP contribution in [0.25, 0.3) is 0 Å². The first-order valence-electron chi connectivity index (χ1n) is 7.50. The van der Waals surface area contributed by atoms with Crippen molar-refractivity contribution in [2.45, 2.75) is 13.3 Å². The van der Waals surface area contributed by atoms with Crippen LogP contribution in [0.15, 0.2) is 35.3 Å². The Morgan fingerprint density at radius 1 is 1.41 bits per heavy atom. The number of H-pyrrole nitrogens is 2. The number of amides is 1. The molecule has 1 aliphatic rings. The molecule has 22 heavy (non-hydrogen) atoms. The highest BCUT2D eigenvalue weighted by Gasteiger charge is 2.24. The molecular weight excluding hydrogens is 280 g/mol. The Balaban J connectivity index is 1.54. The largest absolute Gasteiger partial charge is 0.371 e. The maximum Gasteiger partial charge on any atom is 0.323 e. The molecule has 0 spiro atoms. The lowest BCUT2D eigenvalue weighted by Gasteiger charge is -2.21. The molecule has 2 aromatic rings. The van der Waals surface area contributed by atoms with Crippen LogP contribution in [-0.2, 0) is 0 Å². The van der Waals surface area contributed by atoms with Gasteiger partial charge in [0.1, 0.15) is 5.69 Å². The number of benzene rings is 1. The van der Waals surface area contributed by atoms with E-state index >= 15 is 0 Å². The molecule has 0 saturated carbocycles. The molecular formula is C16H20N4O2. The van der Waals surface area contributed by atoms with Crippen LogP contribution < -0.4 is 15.9 Å². The summed E-state index contributed by atoms with van der Waals surface area (Å²) in [5, 5.41) is 2.89. The van der Waals surface area contributed by atoms with Crippen molar-refractivity contribution >= 4 is 11.6 Å². The van der Waals surface area contributed by atoms with Crippen molar-refractivity contribution in [2.75, 3.05) is 24.5 Å². The van der Waals surface area contributed by atoms with Gasteiger partial charge in [-0.05, 0) is 30.9 Å². The summed E-state index contributed by atoms with van der Waals surface area (Å²) in [7, 11) is 0. The van der Waals surface area contributed by atoms with Crippen LogP contribution in [0.1, 0.15) is 22.5 Å². The molecule has 1 fully saturated rings. The number of nitrogens with zero attached hydrogens (tertiary/aromatic N) is 1. The lowest BCUT2D eigenvalue weighted by molar-refractivity contribution is 0.0943. The fourth-order valence-corrected chi connectivity index (χ4v) is 2.92. The van der Waals surface area contributed by atoms with Gasteiger partial charge >= 0.3 is 5.69 Å². The number of aromatic amines is 2. The highest BCUT2D eigenvalue weighted by atomic mass is 16.2. The predicted octanol–water partition coefficient (Wildman–Crippen LogP) is 1.27. The van der Waals surface area contributed by atoms with E-state index in [1.807, 2.05) is 6.07 Å². The van der Waals surface area contributed by atoms with Crippen molar-refractivity contribution in [1.82, 2.24) is 15.3 Å². The van der Waals surface area contributed by atoms with Gasteiger partial charge in [0.05, 0.1) is 0 Å². The zero-order valence-corrected chi connectivity index (χ0v) is 12.6. The summed E-state index contributed by atoms with van der Waals surface area (Å²) >= 11 is 0. The lowest BCUT2D eigenvalue weighted by Crippen LogP contribution is -2.31. The minimum atomic E-state index is -0.364. The number of imidazole rings is 1. The van der Waals surface area contributed by atoms with Crippen LogP contribution in [0.3, 0.4) is 0 Å². The van der Waals surface area contributed by atoms with E-state index in [1.165, 1.54) is 17.4 Å². The number of nitrogens with one attached hydrogen (secondary N) is 3. The van der Waals surface area contributed by atoms with Gasteiger partial charge in [0.2, 0.25) is 0 Å². The standard InChI is InChI=1S/C16H20N4O2/c1-11-4-2-3-5-14(11)20-7-6-12(10-20)8-17-15(21)13-9-18-16(22)19-13/h2-5,9,12H,6-8,10H2,1H3,(H,17,21)(H2,18,19,22). The normalized spacial score (nSPS) is 17.7. The molecule has 1 atom stereocenters. The number of anilines is 1. The van der Waals surface area contributed by atoms with Gasteiger partial charge in [0.15, 0.2) is 0 Å². The first-order chi connectivity index (χ1) is 10.6. The number of hydrogen-bond acceptors (Lipinski definition) is 3. The fourth-order valence-electron chi connectivity index (χ4n) is 2.92. The highest BCUT2D eigenvalue weighted by molar-refractivity contribution is 5.91. The molecule has 1 aromatic carbocycles. The molecule has 0 radical (unpaired) electrons. The van der Waals surface area contributed by atoms with Crippen molar-refractivity contribution in [3.05, 3.63) is 52.2 Å². The predicted molar refractivity (Wildman–Crippen MR) is 85.2 cm³/mol. The Labute approximate surface area is 128 Å². The van der Waals surface area contributed by atoms with E-state index in [0.717, 1.165) is 19.5 Å². The summed E-state index contributed by atoms with van der Waals surface area (Å²) in [6.07, 6.45) is 2.45. The Kier molecular flexibility index (Phi) is 4.00. The monoisotopic (exact) mass is 300 g/mol. The average molecular weight is 300 g/mol. The van der Waals surface area contributed by atoms with Gasteiger partial charge < -0.3 is 20.2 Å². The van der Waals surface area contributed by atoms with Crippen molar-refractivity contribution < 1.29 is 4.79 Å². The molecule has 6 nitrogen and oxygen atoms in total. The van der Waals surface area contributed by atoms with Crippen molar-refractivity contribution in [3.63, 3.8) is 0 Å². The fraction of sp³-hybridized carbons (Fsp3) is 0.375. The molecule has 0 aliphatic carbocycles. The zero-order chi connectivity index (χ0) is 15.5. The molecule has 1 unspecified atom stereocenters. The second-order valence-electron chi connectivity index (χ2n) is 5.75. The quantitative estimate of drug-likeness (QED) is 0.795. The molecule has 1 aromatic heterocycles. The van der Waals surface area contributed by atoms with Gasteiger partial charge in [0, 0.05) is 31.5 Å². The Morgan fingerprint density at radius 3 is 2.95 bits per heavy atom. The number of carbonyl (C=O) groups is 1. The second kappa shape index (κ2) is 6.09. The van der Waals surface area contributed by atoms with Gasteiger partial charge in [-0.15, -0.1) is 0 Å². The Hall–Kier alpha value is -2.50. The van der Waals surface area contributed by atoms with Crippen molar-refractivity contribution in [1.29, 1.82) is 0 Å². The maximum atomic E-state index is 11.9. The molecule has 116 valence electrons. The van der Waals surface area contributed by atoms with E-state index in [0.29, 0.717) is 12.5 Å². The average Bonchev–Trinajstić information content (AvgIpc) is 3.14. The van der Waals surface area contributed by atoms with Crippen LogP contribution in [-0.4, -0.2) is 35.5 Å². The summed E-state index contributed by atoms with van der Waals surface area (Å²) in [5.74, 6) is 0.182. The van der Waals surface area contributed by atoms with Gasteiger partial charge in [0.25, 0.3) is 5.91 Å². The molecule has 1 saturated heterocycles. The van der Waals surface area contributed by atoms with E-state index in [1.54, 1.807) is 0 Å². The smallest absolute Gasteiger partial charge is 0.323 e. The first-order valence-corrected chi connectivity index (χ1v) is 7.50. The van der Waals surface area contributed by atoms with Crippen molar-refractivity contribution in [3.8, 4) is 0 Å². The van der Waals surface area contributed by atoms with Crippen molar-refractivity contribution in [2.24, 2.45) is 5.92 Å². The molecule has 1 aliphatic heterocycles. The third kappa shape index (κ3) is 3.05. The van der Waals surface area contributed by atoms with Gasteiger partial charge in [-0.1, -0.05) is 18.2 Å². The lowest BCUT2D eigenvalue weighted by atomic mass is 10.1. The summed E-state index contributed by atoms with van der Waals surface area (Å²) in [6, 6.07) is 8.36. The van der Waals surface area contributed by atoms with Crippen LogP contribution in [0.5, 0.6) is 0 Å². The molecule has 6 heteroatoms. The topological polar surface area (TPSA) is 81.0 Å². The zero-order valence-electron chi connectivity index (χ0n) is 12.6. The van der Waals surface area contributed by atoms with Gasteiger partial charge in [-0.2, -0.15) is 0 Å². The van der Waals surface area contributed by atoms with E-state index in [2.05, 4.69) is 45.3 Å². The molecule has 3 N–H and O–H groups in total. The SMILES string of the molecule is Cc1ccccc1N1CCC(CNC(=O)c2c[nH]c(=O)[nH]2)C1. The first kappa shape index (κ1) is 14.4.